The summed E-state index contributed by atoms with van der Waals surface area (Å²) in [6, 6.07) is 13.5. The zero-order valence-corrected chi connectivity index (χ0v) is 13.1. The Kier molecular flexibility index (Phi) is 4.79. The van der Waals surface area contributed by atoms with Crippen LogP contribution >= 0.6 is 0 Å². The van der Waals surface area contributed by atoms with Crippen LogP contribution in [0.2, 0.25) is 0 Å². The molecule has 0 atom stereocenters. The van der Waals surface area contributed by atoms with E-state index in [2.05, 4.69) is 10.5 Å². The van der Waals surface area contributed by atoms with E-state index in [-0.39, 0.29) is 4.90 Å². The summed E-state index contributed by atoms with van der Waals surface area (Å²) >= 11 is 0. The molecule has 0 heterocycles. The summed E-state index contributed by atoms with van der Waals surface area (Å²) in [4.78, 5) is 1.86. The van der Waals surface area contributed by atoms with Crippen molar-refractivity contribution in [3.05, 3.63) is 54.1 Å². The van der Waals surface area contributed by atoms with Crippen LogP contribution in [-0.4, -0.2) is 33.3 Å². The minimum atomic E-state index is -4.16. The molecule has 0 aromatic heterocycles. The smallest absolute Gasteiger partial charge is 0.294 e. The first-order valence-corrected chi connectivity index (χ1v) is 7.94. The minimum Gasteiger partial charge on any atom is -0.378 e. The van der Waals surface area contributed by atoms with Crippen LogP contribution in [0, 0.1) is 0 Å². The number of nitrogens with zero attached hydrogens (tertiary/aromatic N) is 2. The molecular weight excluding hydrogens is 302 g/mol. The number of benzene rings is 2. The van der Waals surface area contributed by atoms with Gasteiger partial charge in [-0.2, -0.15) is 13.5 Å². The quantitative estimate of drug-likeness (QED) is 0.502. The fourth-order valence-corrected chi connectivity index (χ4v) is 2.22. The largest absolute Gasteiger partial charge is 0.378 e. The summed E-state index contributed by atoms with van der Waals surface area (Å²) in [6.45, 7) is 0. The molecule has 0 aliphatic rings. The summed E-state index contributed by atoms with van der Waals surface area (Å²) < 4.78 is 30.7. The SMILES string of the molecule is CN(C)c1ccc(/C=N\Nc2ccc(S(=O)(=O)O)cc2)cc1. The monoisotopic (exact) mass is 319 g/mol. The highest BCUT2D eigenvalue weighted by Crippen LogP contribution is 2.14. The van der Waals surface area contributed by atoms with E-state index < -0.39 is 10.1 Å². The first kappa shape index (κ1) is 16.0. The Balaban J connectivity index is 2.00. The first-order chi connectivity index (χ1) is 10.4. The van der Waals surface area contributed by atoms with E-state index in [9.17, 15) is 8.42 Å². The van der Waals surface area contributed by atoms with Crippen LogP contribution in [-0.2, 0) is 10.1 Å². The van der Waals surface area contributed by atoms with Crippen molar-refractivity contribution in [1.29, 1.82) is 0 Å². The third-order valence-electron chi connectivity index (χ3n) is 2.97. The average Bonchev–Trinajstić information content (AvgIpc) is 2.47. The third-order valence-corrected chi connectivity index (χ3v) is 3.84. The van der Waals surface area contributed by atoms with Gasteiger partial charge in [0.2, 0.25) is 0 Å². The topological polar surface area (TPSA) is 82.0 Å². The molecule has 0 bridgehead atoms. The van der Waals surface area contributed by atoms with Crippen molar-refractivity contribution in [1.82, 2.24) is 0 Å². The summed E-state index contributed by atoms with van der Waals surface area (Å²) in [7, 11) is -0.218. The molecule has 0 spiro atoms. The second-order valence-electron chi connectivity index (χ2n) is 4.86. The van der Waals surface area contributed by atoms with E-state index >= 15 is 0 Å². The third kappa shape index (κ3) is 4.31. The average molecular weight is 319 g/mol. The van der Waals surface area contributed by atoms with Crippen LogP contribution in [0.25, 0.3) is 0 Å². The number of hydrazone groups is 1. The van der Waals surface area contributed by atoms with Gasteiger partial charge in [-0.05, 0) is 42.0 Å². The molecule has 2 rings (SSSR count). The van der Waals surface area contributed by atoms with Crippen molar-refractivity contribution in [2.75, 3.05) is 24.4 Å². The van der Waals surface area contributed by atoms with Gasteiger partial charge in [0.15, 0.2) is 0 Å². The number of nitrogens with one attached hydrogen (secondary N) is 1. The van der Waals surface area contributed by atoms with Gasteiger partial charge in [-0.1, -0.05) is 12.1 Å². The Morgan fingerprint density at radius 2 is 1.64 bits per heavy atom. The van der Waals surface area contributed by atoms with Gasteiger partial charge in [-0.3, -0.25) is 9.98 Å². The van der Waals surface area contributed by atoms with Crippen molar-refractivity contribution in [2.24, 2.45) is 5.10 Å². The summed E-state index contributed by atoms with van der Waals surface area (Å²) in [5.41, 5.74) is 5.45. The molecule has 0 saturated heterocycles. The van der Waals surface area contributed by atoms with Crippen LogP contribution in [0.4, 0.5) is 11.4 Å². The molecule has 0 amide bonds. The second kappa shape index (κ2) is 6.59. The van der Waals surface area contributed by atoms with Crippen LogP contribution in [0.1, 0.15) is 5.56 Å². The molecule has 0 unspecified atom stereocenters. The maximum absolute atomic E-state index is 10.9. The van der Waals surface area contributed by atoms with Gasteiger partial charge < -0.3 is 4.90 Å². The highest BCUT2D eigenvalue weighted by atomic mass is 32.2. The van der Waals surface area contributed by atoms with Gasteiger partial charge in [0, 0.05) is 19.8 Å². The van der Waals surface area contributed by atoms with Crippen LogP contribution in [0.5, 0.6) is 0 Å². The molecule has 7 heteroatoms. The van der Waals surface area contributed by atoms with Crippen molar-refractivity contribution in [3.63, 3.8) is 0 Å². The molecule has 0 fully saturated rings. The zero-order chi connectivity index (χ0) is 16.2. The van der Waals surface area contributed by atoms with E-state index in [1.54, 1.807) is 6.21 Å². The summed E-state index contributed by atoms with van der Waals surface area (Å²) in [6.07, 6.45) is 1.66. The number of anilines is 2. The van der Waals surface area contributed by atoms with Crippen molar-refractivity contribution >= 4 is 27.7 Å². The number of rotatable bonds is 5. The van der Waals surface area contributed by atoms with Gasteiger partial charge in [0.05, 0.1) is 16.8 Å². The lowest BCUT2D eigenvalue weighted by atomic mass is 10.2. The van der Waals surface area contributed by atoms with Crippen LogP contribution < -0.4 is 10.3 Å². The Bertz CT molecular complexity index is 752. The van der Waals surface area contributed by atoms with Gasteiger partial charge in [0.25, 0.3) is 10.1 Å². The minimum absolute atomic E-state index is 0.152. The molecular formula is C15H17N3O3S. The molecule has 0 radical (unpaired) electrons. The standard InChI is InChI=1S/C15H17N3O3S/c1-18(2)14-7-3-12(4-8-14)11-16-17-13-5-9-15(10-6-13)22(19,20)21/h3-11,17H,1-2H3,(H,19,20,21)/b16-11-. The highest BCUT2D eigenvalue weighted by molar-refractivity contribution is 7.85. The maximum Gasteiger partial charge on any atom is 0.294 e. The van der Waals surface area contributed by atoms with Crippen LogP contribution in [0.15, 0.2) is 58.5 Å². The van der Waals surface area contributed by atoms with E-state index in [1.807, 2.05) is 43.3 Å². The maximum atomic E-state index is 10.9. The lowest BCUT2D eigenvalue weighted by molar-refractivity contribution is 0.483. The molecule has 116 valence electrons. The van der Waals surface area contributed by atoms with E-state index in [0.29, 0.717) is 5.69 Å². The normalized spacial score (nSPS) is 11.6. The highest BCUT2D eigenvalue weighted by Gasteiger charge is 2.07. The Labute approximate surface area is 129 Å². The number of hydrogen-bond acceptors (Lipinski definition) is 5. The second-order valence-corrected chi connectivity index (χ2v) is 6.28. The summed E-state index contributed by atoms with van der Waals surface area (Å²) in [5, 5.41) is 4.08. The van der Waals surface area contributed by atoms with Gasteiger partial charge in [-0.15, -0.1) is 0 Å². The van der Waals surface area contributed by atoms with E-state index in [0.717, 1.165) is 11.3 Å². The fourth-order valence-electron chi connectivity index (χ4n) is 1.74. The van der Waals surface area contributed by atoms with Gasteiger partial charge in [0.1, 0.15) is 0 Å². The number of hydrogen-bond donors (Lipinski definition) is 2. The molecule has 22 heavy (non-hydrogen) atoms. The van der Waals surface area contributed by atoms with Crippen molar-refractivity contribution in [2.45, 2.75) is 4.90 Å². The molecule has 2 N–H and O–H groups in total. The van der Waals surface area contributed by atoms with Crippen LogP contribution in [0.3, 0.4) is 0 Å². The van der Waals surface area contributed by atoms with E-state index in [4.69, 9.17) is 4.55 Å². The molecule has 0 aliphatic carbocycles. The fraction of sp³-hybridized carbons (Fsp3) is 0.133. The Hall–Kier alpha value is -2.38. The van der Waals surface area contributed by atoms with Crippen molar-refractivity contribution in [3.8, 4) is 0 Å². The predicted molar refractivity (Wildman–Crippen MR) is 88.2 cm³/mol. The lowest BCUT2D eigenvalue weighted by Crippen LogP contribution is -2.08. The summed E-state index contributed by atoms with van der Waals surface area (Å²) in [5.74, 6) is 0. The van der Waals surface area contributed by atoms with Gasteiger partial charge >= 0.3 is 0 Å². The van der Waals surface area contributed by atoms with Gasteiger partial charge in [-0.25, -0.2) is 0 Å². The Morgan fingerprint density at radius 3 is 2.14 bits per heavy atom. The molecule has 6 nitrogen and oxygen atoms in total. The first-order valence-electron chi connectivity index (χ1n) is 6.50. The molecule has 0 saturated carbocycles. The lowest BCUT2D eigenvalue weighted by Gasteiger charge is -2.11. The zero-order valence-electron chi connectivity index (χ0n) is 12.3. The molecule has 2 aromatic rings. The van der Waals surface area contributed by atoms with Crippen molar-refractivity contribution < 1.29 is 13.0 Å². The van der Waals surface area contributed by atoms with E-state index in [1.165, 1.54) is 24.3 Å². The molecule has 2 aromatic carbocycles. The molecule has 0 aliphatic heterocycles. The Morgan fingerprint density at radius 1 is 1.05 bits per heavy atom. The predicted octanol–water partition coefficient (Wildman–Crippen LogP) is 2.45.